The van der Waals surface area contributed by atoms with Gasteiger partial charge in [0, 0.05) is 42.6 Å². The number of para-hydroxylation sites is 1. The molecule has 0 aliphatic carbocycles. The number of fused-ring (bicyclic) bond motifs is 1. The summed E-state index contributed by atoms with van der Waals surface area (Å²) in [6, 6.07) is 13.3. The van der Waals surface area contributed by atoms with Crippen molar-refractivity contribution in [1.82, 2.24) is 20.0 Å². The summed E-state index contributed by atoms with van der Waals surface area (Å²) in [4.78, 5) is 28.5. The van der Waals surface area contributed by atoms with Crippen LogP contribution in [-0.2, 0) is 4.79 Å². The molecule has 1 fully saturated rings. The van der Waals surface area contributed by atoms with Gasteiger partial charge in [-0.05, 0) is 56.8 Å². The van der Waals surface area contributed by atoms with Crippen LogP contribution in [0.2, 0.25) is 0 Å². The van der Waals surface area contributed by atoms with E-state index >= 15 is 0 Å². The Hall–Kier alpha value is -3.63. The SMILES string of the molecule is CC(=O)Nc1ccccc1C#Cc1[nH]nc2ccc(C(=O)N3CCC(N(C)C)C3)cc12. The minimum absolute atomic E-state index is 0.0300. The van der Waals surface area contributed by atoms with Gasteiger partial charge in [0.1, 0.15) is 5.69 Å². The third-order valence-electron chi connectivity index (χ3n) is 5.54. The number of carbonyl (C=O) groups is 2. The first-order chi connectivity index (χ1) is 14.9. The molecule has 2 N–H and O–H groups in total. The van der Waals surface area contributed by atoms with Gasteiger partial charge in [-0.25, -0.2) is 0 Å². The van der Waals surface area contributed by atoms with E-state index in [1.54, 1.807) is 0 Å². The standard InChI is InChI=1S/C24H25N5O2/c1-16(30)25-21-7-5-4-6-17(21)8-10-22-20-14-18(9-11-23(20)27-26-22)24(31)29-13-12-19(15-29)28(2)3/h4-7,9,11,14,19H,12-13,15H2,1-3H3,(H,25,30)(H,26,27). The molecule has 3 aromatic rings. The number of nitrogens with one attached hydrogen (secondary N) is 2. The number of amides is 2. The van der Waals surface area contributed by atoms with Gasteiger partial charge in [0.05, 0.1) is 11.2 Å². The Morgan fingerprint density at radius 2 is 2.00 bits per heavy atom. The molecule has 7 heteroatoms. The zero-order chi connectivity index (χ0) is 22.0. The summed E-state index contributed by atoms with van der Waals surface area (Å²) in [6.07, 6.45) is 0.983. The fraction of sp³-hybridized carbons (Fsp3) is 0.292. The van der Waals surface area contributed by atoms with Crippen molar-refractivity contribution in [2.45, 2.75) is 19.4 Å². The van der Waals surface area contributed by atoms with Gasteiger partial charge in [-0.1, -0.05) is 18.1 Å². The molecule has 158 valence electrons. The number of nitrogens with zero attached hydrogens (tertiary/aromatic N) is 3. The molecule has 2 aromatic carbocycles. The molecule has 1 atom stereocenters. The van der Waals surface area contributed by atoms with E-state index in [9.17, 15) is 9.59 Å². The van der Waals surface area contributed by atoms with E-state index in [0.29, 0.717) is 28.6 Å². The molecule has 0 spiro atoms. The maximum Gasteiger partial charge on any atom is 0.253 e. The van der Waals surface area contributed by atoms with Crippen LogP contribution in [0.1, 0.15) is 35.0 Å². The maximum absolute atomic E-state index is 13.0. The molecule has 2 heterocycles. The summed E-state index contributed by atoms with van der Waals surface area (Å²) in [5, 5.41) is 10.9. The van der Waals surface area contributed by atoms with Crippen molar-refractivity contribution in [3.63, 3.8) is 0 Å². The van der Waals surface area contributed by atoms with Gasteiger partial charge in [0.15, 0.2) is 0 Å². The average molecular weight is 415 g/mol. The van der Waals surface area contributed by atoms with E-state index in [2.05, 4.69) is 32.3 Å². The van der Waals surface area contributed by atoms with Crippen LogP contribution in [0.25, 0.3) is 10.9 Å². The zero-order valence-corrected chi connectivity index (χ0v) is 17.9. The van der Waals surface area contributed by atoms with Crippen molar-refractivity contribution in [3.8, 4) is 11.8 Å². The van der Waals surface area contributed by atoms with Gasteiger partial charge in [-0.3, -0.25) is 14.7 Å². The zero-order valence-electron chi connectivity index (χ0n) is 17.9. The Kier molecular flexibility index (Phi) is 5.74. The topological polar surface area (TPSA) is 81.3 Å². The molecule has 31 heavy (non-hydrogen) atoms. The van der Waals surface area contributed by atoms with Crippen LogP contribution < -0.4 is 5.32 Å². The van der Waals surface area contributed by atoms with Crippen molar-refractivity contribution in [3.05, 3.63) is 59.3 Å². The number of anilines is 1. The molecular formula is C24H25N5O2. The molecule has 0 radical (unpaired) electrons. The van der Waals surface area contributed by atoms with Crippen molar-refractivity contribution < 1.29 is 9.59 Å². The lowest BCUT2D eigenvalue weighted by molar-refractivity contribution is -0.114. The van der Waals surface area contributed by atoms with Gasteiger partial charge >= 0.3 is 0 Å². The van der Waals surface area contributed by atoms with Crippen LogP contribution in [0.4, 0.5) is 5.69 Å². The van der Waals surface area contributed by atoms with E-state index in [1.807, 2.05) is 61.5 Å². The fourth-order valence-corrected chi connectivity index (χ4v) is 3.79. The molecule has 1 aromatic heterocycles. The maximum atomic E-state index is 13.0. The van der Waals surface area contributed by atoms with Crippen LogP contribution in [0.3, 0.4) is 0 Å². The van der Waals surface area contributed by atoms with Crippen LogP contribution in [0, 0.1) is 11.8 Å². The van der Waals surface area contributed by atoms with Gasteiger partial charge in [-0.2, -0.15) is 5.10 Å². The van der Waals surface area contributed by atoms with E-state index < -0.39 is 0 Å². The van der Waals surface area contributed by atoms with Crippen molar-refractivity contribution in [1.29, 1.82) is 0 Å². The molecule has 0 saturated carbocycles. The highest BCUT2D eigenvalue weighted by Gasteiger charge is 2.28. The second-order valence-corrected chi connectivity index (χ2v) is 7.96. The Morgan fingerprint density at radius 3 is 2.74 bits per heavy atom. The molecule has 1 aliphatic rings. The van der Waals surface area contributed by atoms with E-state index in [4.69, 9.17) is 0 Å². The van der Waals surface area contributed by atoms with Gasteiger partial charge < -0.3 is 15.1 Å². The molecule has 1 unspecified atom stereocenters. The molecule has 1 saturated heterocycles. The Balaban J connectivity index is 1.62. The lowest BCUT2D eigenvalue weighted by Crippen LogP contribution is -2.34. The minimum Gasteiger partial charge on any atom is -0.337 e. The van der Waals surface area contributed by atoms with E-state index in [1.165, 1.54) is 6.92 Å². The highest BCUT2D eigenvalue weighted by atomic mass is 16.2. The lowest BCUT2D eigenvalue weighted by Gasteiger charge is -2.20. The molecular weight excluding hydrogens is 390 g/mol. The molecule has 2 amide bonds. The lowest BCUT2D eigenvalue weighted by atomic mass is 10.1. The predicted molar refractivity (Wildman–Crippen MR) is 121 cm³/mol. The van der Waals surface area contributed by atoms with Crippen molar-refractivity contribution in [2.75, 3.05) is 32.5 Å². The van der Waals surface area contributed by atoms with Crippen LogP contribution >= 0.6 is 0 Å². The number of rotatable bonds is 3. The normalized spacial score (nSPS) is 15.7. The van der Waals surface area contributed by atoms with E-state index in [-0.39, 0.29) is 11.8 Å². The first-order valence-electron chi connectivity index (χ1n) is 10.2. The number of likely N-dealkylation sites (tertiary alicyclic amines) is 1. The highest BCUT2D eigenvalue weighted by Crippen LogP contribution is 2.21. The number of aromatic nitrogens is 2. The van der Waals surface area contributed by atoms with Crippen LogP contribution in [0.15, 0.2) is 42.5 Å². The number of aromatic amines is 1. The fourth-order valence-electron chi connectivity index (χ4n) is 3.79. The third kappa shape index (κ3) is 4.44. The summed E-state index contributed by atoms with van der Waals surface area (Å²) in [5.41, 5.74) is 3.39. The molecule has 7 nitrogen and oxygen atoms in total. The third-order valence-corrected chi connectivity index (χ3v) is 5.54. The number of hydrogen-bond acceptors (Lipinski definition) is 4. The van der Waals surface area contributed by atoms with Gasteiger partial charge in [-0.15, -0.1) is 0 Å². The second kappa shape index (κ2) is 8.62. The summed E-state index contributed by atoms with van der Waals surface area (Å²) < 4.78 is 0. The van der Waals surface area contributed by atoms with Crippen LogP contribution in [0.5, 0.6) is 0 Å². The number of likely N-dealkylation sites (N-methyl/N-ethyl adjacent to an activating group) is 1. The number of hydrogen-bond donors (Lipinski definition) is 2. The summed E-state index contributed by atoms with van der Waals surface area (Å²) >= 11 is 0. The second-order valence-electron chi connectivity index (χ2n) is 7.96. The van der Waals surface area contributed by atoms with Crippen molar-refractivity contribution in [2.24, 2.45) is 0 Å². The quantitative estimate of drug-likeness (QED) is 0.645. The van der Waals surface area contributed by atoms with Crippen LogP contribution in [-0.4, -0.2) is 65.0 Å². The summed E-state index contributed by atoms with van der Waals surface area (Å²) in [7, 11) is 4.09. The minimum atomic E-state index is -0.150. The Morgan fingerprint density at radius 1 is 1.19 bits per heavy atom. The van der Waals surface area contributed by atoms with Gasteiger partial charge in [0.25, 0.3) is 5.91 Å². The first-order valence-corrected chi connectivity index (χ1v) is 10.2. The first kappa shape index (κ1) is 20.6. The average Bonchev–Trinajstić information content (AvgIpc) is 3.39. The summed E-state index contributed by atoms with van der Waals surface area (Å²) in [6.45, 7) is 2.96. The van der Waals surface area contributed by atoms with Crippen molar-refractivity contribution >= 4 is 28.4 Å². The highest BCUT2D eigenvalue weighted by molar-refractivity contribution is 5.99. The van der Waals surface area contributed by atoms with Gasteiger partial charge in [0.2, 0.25) is 5.91 Å². The Labute approximate surface area is 181 Å². The largest absolute Gasteiger partial charge is 0.337 e. The smallest absolute Gasteiger partial charge is 0.253 e. The molecule has 1 aliphatic heterocycles. The predicted octanol–water partition coefficient (Wildman–Crippen LogP) is 2.70. The molecule has 0 bridgehead atoms. The Bertz CT molecular complexity index is 1200. The molecule has 4 rings (SSSR count). The number of carbonyl (C=O) groups excluding carboxylic acids is 2. The monoisotopic (exact) mass is 415 g/mol. The van der Waals surface area contributed by atoms with E-state index in [0.717, 1.165) is 30.4 Å². The number of H-pyrrole nitrogens is 1. The summed E-state index contributed by atoms with van der Waals surface area (Å²) in [5.74, 6) is 6.08. The number of benzene rings is 2.